The Morgan fingerprint density at radius 3 is 2.88 bits per heavy atom. The van der Waals surface area contributed by atoms with E-state index in [1.165, 1.54) is 6.07 Å². The Bertz CT molecular complexity index is 382. The number of halogens is 2. The highest BCUT2D eigenvalue weighted by Gasteiger charge is 2.10. The highest BCUT2D eigenvalue weighted by atomic mass is 79.9. The summed E-state index contributed by atoms with van der Waals surface area (Å²) < 4.78 is 0.732. The van der Waals surface area contributed by atoms with Gasteiger partial charge < -0.3 is 10.4 Å². The fraction of sp³-hybridized carbons (Fsp3) is 0.364. The Morgan fingerprint density at radius 2 is 2.31 bits per heavy atom. The second kappa shape index (κ2) is 6.11. The van der Waals surface area contributed by atoms with Crippen molar-refractivity contribution in [3.8, 4) is 5.75 Å². The number of aromatic hydroxyl groups is 1. The van der Waals surface area contributed by atoms with E-state index in [-0.39, 0.29) is 22.6 Å². The Kier molecular flexibility index (Phi) is 5.09. The van der Waals surface area contributed by atoms with Gasteiger partial charge >= 0.3 is 0 Å². The van der Waals surface area contributed by atoms with Crippen molar-refractivity contribution in [2.45, 2.75) is 18.7 Å². The quantitative estimate of drug-likeness (QED) is 0.840. The number of carbonyl (C=O) groups is 1. The van der Waals surface area contributed by atoms with Crippen molar-refractivity contribution in [1.29, 1.82) is 0 Å². The molecule has 0 aliphatic heterocycles. The summed E-state index contributed by atoms with van der Waals surface area (Å²) >= 11 is 8.96. The third-order valence-corrected chi connectivity index (χ3v) is 2.74. The first-order valence-electron chi connectivity index (χ1n) is 4.91. The summed E-state index contributed by atoms with van der Waals surface area (Å²) in [7, 11) is 0. The molecule has 0 fully saturated rings. The summed E-state index contributed by atoms with van der Waals surface area (Å²) in [5.41, 5.74) is 0.269. The molecular weight excluding hydrogens is 293 g/mol. The van der Waals surface area contributed by atoms with Gasteiger partial charge in [-0.2, -0.15) is 0 Å². The summed E-state index contributed by atoms with van der Waals surface area (Å²) in [5.74, 6) is -0.326. The standard InChI is InChI=1S/C11H13BrClNO2/c1-7(13)4-5-14-11(16)9-3-2-8(12)6-10(9)15/h2-3,6-7,15H,4-5H2,1H3,(H,14,16). The molecule has 1 atom stereocenters. The normalized spacial score (nSPS) is 12.2. The Labute approximate surface area is 108 Å². The van der Waals surface area contributed by atoms with Crippen molar-refractivity contribution >= 4 is 33.4 Å². The Morgan fingerprint density at radius 1 is 1.62 bits per heavy atom. The van der Waals surface area contributed by atoms with Gasteiger partial charge in [-0.3, -0.25) is 4.79 Å². The second-order valence-corrected chi connectivity index (χ2v) is 5.15. The molecule has 5 heteroatoms. The number of hydrogen-bond acceptors (Lipinski definition) is 2. The molecule has 1 unspecified atom stereocenters. The third kappa shape index (κ3) is 4.02. The van der Waals surface area contributed by atoms with Crippen LogP contribution in [0, 0.1) is 0 Å². The van der Waals surface area contributed by atoms with Crippen LogP contribution in [0.2, 0.25) is 0 Å². The number of alkyl halides is 1. The molecule has 0 aromatic heterocycles. The fourth-order valence-corrected chi connectivity index (χ4v) is 1.63. The van der Waals surface area contributed by atoms with Gasteiger partial charge in [-0.15, -0.1) is 11.6 Å². The second-order valence-electron chi connectivity index (χ2n) is 3.49. The summed E-state index contributed by atoms with van der Waals surface area (Å²) in [6.07, 6.45) is 0.699. The molecule has 0 saturated heterocycles. The van der Waals surface area contributed by atoms with E-state index in [9.17, 15) is 9.90 Å². The van der Waals surface area contributed by atoms with E-state index < -0.39 is 0 Å². The number of hydrogen-bond donors (Lipinski definition) is 2. The number of amides is 1. The van der Waals surface area contributed by atoms with Crippen LogP contribution >= 0.6 is 27.5 Å². The zero-order valence-electron chi connectivity index (χ0n) is 8.84. The Hall–Kier alpha value is -0.740. The van der Waals surface area contributed by atoms with Crippen LogP contribution in [0.25, 0.3) is 0 Å². The van der Waals surface area contributed by atoms with Gasteiger partial charge in [0.2, 0.25) is 0 Å². The molecule has 1 amide bonds. The topological polar surface area (TPSA) is 49.3 Å². The minimum Gasteiger partial charge on any atom is -0.507 e. The maximum atomic E-state index is 11.6. The fourth-order valence-electron chi connectivity index (χ4n) is 1.18. The average molecular weight is 307 g/mol. The average Bonchev–Trinajstić information content (AvgIpc) is 2.16. The smallest absolute Gasteiger partial charge is 0.255 e. The van der Waals surface area contributed by atoms with E-state index in [0.717, 1.165) is 4.47 Å². The van der Waals surface area contributed by atoms with Gasteiger partial charge in [0, 0.05) is 16.4 Å². The molecule has 0 saturated carbocycles. The van der Waals surface area contributed by atoms with Crippen LogP contribution in [0.1, 0.15) is 23.7 Å². The van der Waals surface area contributed by atoms with E-state index in [4.69, 9.17) is 11.6 Å². The molecule has 0 radical (unpaired) electrons. The highest BCUT2D eigenvalue weighted by molar-refractivity contribution is 9.10. The van der Waals surface area contributed by atoms with Crippen molar-refractivity contribution in [2.24, 2.45) is 0 Å². The summed E-state index contributed by atoms with van der Waals surface area (Å²) in [5, 5.41) is 12.3. The van der Waals surface area contributed by atoms with E-state index in [1.807, 2.05) is 6.92 Å². The van der Waals surface area contributed by atoms with Gasteiger partial charge in [-0.05, 0) is 31.5 Å². The first kappa shape index (κ1) is 13.3. The third-order valence-electron chi connectivity index (χ3n) is 2.03. The zero-order valence-corrected chi connectivity index (χ0v) is 11.2. The van der Waals surface area contributed by atoms with Gasteiger partial charge in [-0.1, -0.05) is 15.9 Å². The Balaban J connectivity index is 2.59. The minimum atomic E-state index is -0.290. The number of phenolic OH excluding ortho intramolecular Hbond substituents is 1. The van der Waals surface area contributed by atoms with Crippen LogP contribution in [0.3, 0.4) is 0 Å². The number of carbonyl (C=O) groups excluding carboxylic acids is 1. The molecule has 1 aromatic carbocycles. The molecule has 2 N–H and O–H groups in total. The van der Waals surface area contributed by atoms with Gasteiger partial charge in [0.25, 0.3) is 5.91 Å². The maximum absolute atomic E-state index is 11.6. The van der Waals surface area contributed by atoms with Crippen LogP contribution in [0.5, 0.6) is 5.75 Å². The molecule has 0 aliphatic carbocycles. The van der Waals surface area contributed by atoms with E-state index in [1.54, 1.807) is 12.1 Å². The summed E-state index contributed by atoms with van der Waals surface area (Å²) in [4.78, 5) is 11.6. The van der Waals surface area contributed by atoms with Crippen LogP contribution < -0.4 is 5.32 Å². The molecule has 0 aliphatic rings. The number of phenols is 1. The zero-order chi connectivity index (χ0) is 12.1. The lowest BCUT2D eigenvalue weighted by Crippen LogP contribution is -2.25. The van der Waals surface area contributed by atoms with Crippen molar-refractivity contribution in [3.63, 3.8) is 0 Å². The number of rotatable bonds is 4. The minimum absolute atomic E-state index is 0.0267. The lowest BCUT2D eigenvalue weighted by Gasteiger charge is -2.07. The molecular formula is C11H13BrClNO2. The van der Waals surface area contributed by atoms with Gasteiger partial charge in [0.1, 0.15) is 5.75 Å². The molecule has 0 heterocycles. The van der Waals surface area contributed by atoms with Gasteiger partial charge in [0.05, 0.1) is 5.56 Å². The van der Waals surface area contributed by atoms with Gasteiger partial charge in [-0.25, -0.2) is 0 Å². The number of nitrogens with one attached hydrogen (secondary N) is 1. The maximum Gasteiger partial charge on any atom is 0.255 e. The molecule has 3 nitrogen and oxygen atoms in total. The molecule has 1 aromatic rings. The van der Waals surface area contributed by atoms with Crippen LogP contribution in [-0.4, -0.2) is 22.9 Å². The largest absolute Gasteiger partial charge is 0.507 e. The lowest BCUT2D eigenvalue weighted by atomic mass is 10.2. The van der Waals surface area contributed by atoms with Crippen molar-refractivity contribution in [3.05, 3.63) is 28.2 Å². The van der Waals surface area contributed by atoms with Crippen molar-refractivity contribution < 1.29 is 9.90 Å². The van der Waals surface area contributed by atoms with E-state index in [2.05, 4.69) is 21.2 Å². The van der Waals surface area contributed by atoms with E-state index in [0.29, 0.717) is 13.0 Å². The molecule has 0 spiro atoms. The van der Waals surface area contributed by atoms with Crippen LogP contribution in [0.15, 0.2) is 22.7 Å². The highest BCUT2D eigenvalue weighted by Crippen LogP contribution is 2.22. The van der Waals surface area contributed by atoms with Crippen molar-refractivity contribution in [2.75, 3.05) is 6.54 Å². The molecule has 0 bridgehead atoms. The van der Waals surface area contributed by atoms with E-state index >= 15 is 0 Å². The first-order chi connectivity index (χ1) is 7.50. The molecule has 16 heavy (non-hydrogen) atoms. The number of benzene rings is 1. The van der Waals surface area contributed by atoms with Crippen LogP contribution in [0.4, 0.5) is 0 Å². The first-order valence-corrected chi connectivity index (χ1v) is 6.14. The lowest BCUT2D eigenvalue weighted by molar-refractivity contribution is 0.0950. The summed E-state index contributed by atoms with van der Waals surface area (Å²) in [6, 6.07) is 4.76. The SMILES string of the molecule is CC(Cl)CCNC(=O)c1ccc(Br)cc1O. The molecule has 1 rings (SSSR count). The predicted octanol–water partition coefficient (Wildman–Crippen LogP) is 2.90. The summed E-state index contributed by atoms with van der Waals surface area (Å²) in [6.45, 7) is 2.36. The molecule has 88 valence electrons. The predicted molar refractivity (Wildman–Crippen MR) is 68.1 cm³/mol. The van der Waals surface area contributed by atoms with Crippen molar-refractivity contribution in [1.82, 2.24) is 5.32 Å². The monoisotopic (exact) mass is 305 g/mol. The van der Waals surface area contributed by atoms with Crippen LogP contribution in [-0.2, 0) is 0 Å². The van der Waals surface area contributed by atoms with Gasteiger partial charge in [0.15, 0.2) is 0 Å².